The summed E-state index contributed by atoms with van der Waals surface area (Å²) in [5, 5.41) is 7.94. The molecule has 0 saturated carbocycles. The zero-order valence-electron chi connectivity index (χ0n) is 32.1. The molecular formula is C36H22Cl4F6N6O8S2. The van der Waals surface area contributed by atoms with Crippen LogP contribution < -0.4 is 10.6 Å². The quantitative estimate of drug-likeness (QED) is 0.0535. The van der Waals surface area contributed by atoms with Gasteiger partial charge in [-0.3, -0.25) is 18.7 Å². The van der Waals surface area contributed by atoms with Crippen molar-refractivity contribution in [1.82, 2.24) is 10.6 Å². The highest BCUT2D eigenvalue weighted by molar-refractivity contribution is 7.87. The average molecular weight is 987 g/mol. The Bertz CT molecular complexity index is 2780. The molecule has 0 radical (unpaired) electrons. The maximum Gasteiger partial charge on any atom is 0.471 e. The summed E-state index contributed by atoms with van der Waals surface area (Å²) in [6.45, 7) is 0. The first-order valence-electron chi connectivity index (χ1n) is 17.6. The van der Waals surface area contributed by atoms with Crippen LogP contribution in [0.2, 0.25) is 22.9 Å². The lowest BCUT2D eigenvalue weighted by molar-refractivity contribution is -0.172. The highest BCUT2D eigenvalue weighted by Gasteiger charge is 2.56. The van der Waals surface area contributed by atoms with E-state index < -0.39 is 143 Å². The second-order valence-electron chi connectivity index (χ2n) is 13.4. The number of carbonyl (C=O) groups is 2. The van der Waals surface area contributed by atoms with Crippen LogP contribution in [0.5, 0.6) is 0 Å². The van der Waals surface area contributed by atoms with Gasteiger partial charge in [0, 0.05) is 55.2 Å². The lowest BCUT2D eigenvalue weighted by Crippen LogP contribution is -2.43. The maximum atomic E-state index is 13.7. The standard InChI is InChI=1S/C36H22Cl4F6N6O8S2/c37-21-9-15(10-22(38)27(21)33(61(55,56)57)13-25(51-47)29(49-31(53)35(41,42)43)17-5-1-3-7-19(17)33)16-11-23(39)28(24(40)12-16)34(62(58,59)60)14-26(52-48)30(50-32(54)36(44,45)46)18-6-2-4-8-20(18)34/h1-12,47-48H,13-14H2,(H,49,53)(H,50,54)(H,55,56,57)(H,58,59,60)/b51-47+,52-48+. The van der Waals surface area contributed by atoms with Gasteiger partial charge in [0.2, 0.25) is 2.82 Å². The molecule has 26 heteroatoms. The first-order valence-corrected chi connectivity index (χ1v) is 21.1. The Labute approximate surface area is 368 Å². The molecule has 326 valence electrons. The fourth-order valence-corrected chi connectivity index (χ4v) is 11.8. The van der Waals surface area contributed by atoms with Crippen molar-refractivity contribution >= 4 is 89.8 Å². The third-order valence-corrected chi connectivity index (χ3v) is 14.1. The number of hydrogen-bond acceptors (Lipinski definition) is 10. The molecule has 0 aliphatic heterocycles. The van der Waals surface area contributed by atoms with E-state index in [-0.39, 0.29) is 11.1 Å². The topological polar surface area (TPSA) is 239 Å². The Morgan fingerprint density at radius 3 is 1.21 bits per heavy atom. The molecule has 6 N–H and O–H groups in total. The molecule has 0 fully saturated rings. The number of nitrogens with zero attached hydrogens (tertiary/aromatic N) is 2. The molecule has 2 atom stereocenters. The molecule has 0 bridgehead atoms. The van der Waals surface area contributed by atoms with Crippen molar-refractivity contribution in [2.45, 2.75) is 34.7 Å². The molecule has 2 aliphatic rings. The van der Waals surface area contributed by atoms with Gasteiger partial charge in [0.1, 0.15) is 0 Å². The minimum Gasteiger partial charge on any atom is -0.316 e. The highest BCUT2D eigenvalue weighted by atomic mass is 35.5. The van der Waals surface area contributed by atoms with Crippen LogP contribution in [0.4, 0.5) is 26.3 Å². The second kappa shape index (κ2) is 16.0. The average Bonchev–Trinajstić information content (AvgIpc) is 3.18. The van der Waals surface area contributed by atoms with E-state index in [2.05, 4.69) is 21.3 Å². The molecule has 0 heterocycles. The number of allylic oxidation sites excluding steroid dienone is 2. The van der Waals surface area contributed by atoms with Crippen molar-refractivity contribution in [3.8, 4) is 11.1 Å². The summed E-state index contributed by atoms with van der Waals surface area (Å²) >= 11 is 27.1. The van der Waals surface area contributed by atoms with Gasteiger partial charge in [-0.05, 0) is 46.5 Å². The number of alkyl halides is 6. The Morgan fingerprint density at radius 2 is 0.935 bits per heavy atom. The number of fused-ring (bicyclic) bond motifs is 2. The second-order valence-corrected chi connectivity index (χ2v) is 18.3. The van der Waals surface area contributed by atoms with E-state index in [1.165, 1.54) is 24.3 Å². The Hall–Kier alpha value is -4.94. The summed E-state index contributed by atoms with van der Waals surface area (Å²) in [6, 6.07) is 13.6. The molecule has 0 aromatic heterocycles. The largest absolute Gasteiger partial charge is 0.471 e. The number of carbonyl (C=O) groups excluding carboxylic acids is 2. The number of rotatable bonds is 9. The third kappa shape index (κ3) is 7.65. The van der Waals surface area contributed by atoms with Crippen LogP contribution in [-0.2, 0) is 39.3 Å². The van der Waals surface area contributed by atoms with Crippen molar-refractivity contribution in [3.63, 3.8) is 0 Å². The smallest absolute Gasteiger partial charge is 0.316 e. The summed E-state index contributed by atoms with van der Waals surface area (Å²) in [5.41, 5.74) is -0.286. The van der Waals surface area contributed by atoms with E-state index in [0.29, 0.717) is 0 Å². The van der Waals surface area contributed by atoms with Crippen molar-refractivity contribution < 1.29 is 64.7 Å². The highest BCUT2D eigenvalue weighted by Crippen LogP contribution is 2.56. The normalized spacial score (nSPS) is 20.2. The molecule has 6 rings (SSSR count). The maximum absolute atomic E-state index is 13.7. The molecule has 2 amide bonds. The monoisotopic (exact) mass is 984 g/mol. The molecule has 14 nitrogen and oxygen atoms in total. The number of nitrogens with one attached hydrogen (secondary N) is 4. The Kier molecular flexibility index (Phi) is 11.3. The Balaban J connectivity index is 1.55. The van der Waals surface area contributed by atoms with Crippen LogP contribution in [0.3, 0.4) is 0 Å². The molecular weight excluding hydrogens is 964 g/mol. The minimum atomic E-state index is -5.54. The number of halogens is 10. The van der Waals surface area contributed by atoms with Crippen LogP contribution in [-0.4, -0.2) is 50.1 Å². The van der Waals surface area contributed by atoms with Crippen LogP contribution in [0.25, 0.3) is 22.5 Å². The summed E-state index contributed by atoms with van der Waals surface area (Å²) < 4.78 is 166. The van der Waals surface area contributed by atoms with E-state index in [1.807, 2.05) is 0 Å². The predicted octanol–water partition coefficient (Wildman–Crippen LogP) is 9.79. The van der Waals surface area contributed by atoms with Gasteiger partial charge in [0.05, 0.1) is 22.8 Å². The van der Waals surface area contributed by atoms with E-state index in [4.69, 9.17) is 49.2 Å². The van der Waals surface area contributed by atoms with Crippen LogP contribution in [0, 0.1) is 11.0 Å². The summed E-state index contributed by atoms with van der Waals surface area (Å²) in [7, 11) is -11.1. The van der Waals surface area contributed by atoms with Crippen molar-refractivity contribution in [3.05, 3.63) is 138 Å². The molecule has 0 saturated heterocycles. The number of benzene rings is 4. The van der Waals surface area contributed by atoms with Gasteiger partial charge >= 0.3 is 24.2 Å². The van der Waals surface area contributed by atoms with Gasteiger partial charge in [0.15, 0.2) is 9.49 Å². The zero-order chi connectivity index (χ0) is 47.5. The first-order chi connectivity index (χ1) is 29.6. The molecule has 4 aromatic carbocycles. The van der Waals surface area contributed by atoms with Gasteiger partial charge in [-0.1, -0.05) is 94.9 Å². The predicted molar refractivity (Wildman–Crippen MR) is 211 cm³/mol. The van der Waals surface area contributed by atoms with Crippen LogP contribution >= 0.6 is 46.4 Å². The summed E-state index contributed by atoms with van der Waals surface area (Å²) in [4.78, 5) is 24.1. The number of hydrogen-bond donors (Lipinski definition) is 6. The van der Waals surface area contributed by atoms with E-state index in [0.717, 1.165) is 48.5 Å². The van der Waals surface area contributed by atoms with Crippen molar-refractivity contribution in [2.75, 3.05) is 0 Å². The minimum absolute atomic E-state index is 0.0471. The van der Waals surface area contributed by atoms with E-state index in [9.17, 15) is 61.9 Å². The van der Waals surface area contributed by atoms with E-state index >= 15 is 0 Å². The fraction of sp³-hybridized carbons (Fsp3) is 0.167. The molecule has 4 aromatic rings. The SMILES string of the molecule is [H]/N=N/C1=C(NC(=O)C(F)(F)F)c2ccccc2C(c2c(Cl)cc(-c3cc(Cl)c(C4(S(=O)(=O)O)CC(/N=N/[H])=C(NC(=O)C(F)(F)F)c5ccccc54)c(Cl)c3)cc2Cl)(S(=O)(=O)O)C1. The zero-order valence-corrected chi connectivity index (χ0v) is 34.7. The molecule has 62 heavy (non-hydrogen) atoms. The summed E-state index contributed by atoms with van der Waals surface area (Å²) in [5.74, 6) is -4.99. The third-order valence-electron chi connectivity index (χ3n) is 10.0. The van der Waals surface area contributed by atoms with Gasteiger partial charge in [-0.15, -0.1) is 0 Å². The number of amides is 2. The molecule has 2 unspecified atom stereocenters. The van der Waals surface area contributed by atoms with E-state index in [1.54, 1.807) is 10.6 Å². The van der Waals surface area contributed by atoms with Gasteiger partial charge in [-0.2, -0.15) is 53.4 Å². The lowest BCUT2D eigenvalue weighted by atomic mass is 9.77. The van der Waals surface area contributed by atoms with Crippen LogP contribution in [0.1, 0.15) is 46.2 Å². The molecule has 2 aliphatic carbocycles. The van der Waals surface area contributed by atoms with Gasteiger partial charge in [0.25, 0.3) is 20.2 Å². The Morgan fingerprint density at radius 1 is 0.629 bits per heavy atom. The molecule has 0 spiro atoms. The summed E-state index contributed by atoms with van der Waals surface area (Å²) in [6.07, 6.45) is -13.1. The van der Waals surface area contributed by atoms with Crippen LogP contribution in [0.15, 0.2) is 94.4 Å². The lowest BCUT2D eigenvalue weighted by Gasteiger charge is -2.39. The van der Waals surface area contributed by atoms with Gasteiger partial charge in [-0.25, -0.2) is 11.0 Å². The van der Waals surface area contributed by atoms with Gasteiger partial charge < -0.3 is 10.6 Å². The van der Waals surface area contributed by atoms with Crippen molar-refractivity contribution in [2.24, 2.45) is 10.2 Å². The fourth-order valence-electron chi connectivity index (χ4n) is 7.49. The van der Waals surface area contributed by atoms with Crippen molar-refractivity contribution in [1.29, 1.82) is 11.0 Å². The first kappa shape index (κ1) is 43.7.